The van der Waals surface area contributed by atoms with Crippen molar-refractivity contribution >= 4 is 59.1 Å². The Bertz CT molecular complexity index is 860. The molecule has 0 fully saturated rings. The van der Waals surface area contributed by atoms with Gasteiger partial charge in [0.1, 0.15) is 11.1 Å². The molecule has 1 amide bonds. The van der Waals surface area contributed by atoms with Crippen molar-refractivity contribution in [3.05, 3.63) is 88.5 Å². The van der Waals surface area contributed by atoms with Crippen LogP contribution in [0, 0.1) is 0 Å². The molecular weight excluding hydrogens is 411 g/mol. The van der Waals surface area contributed by atoms with Crippen molar-refractivity contribution in [2.45, 2.75) is 10.1 Å². The monoisotopic (exact) mass is 424 g/mol. The van der Waals surface area contributed by atoms with Gasteiger partial charge in [-0.25, -0.2) is 4.98 Å². The van der Waals surface area contributed by atoms with Crippen LogP contribution < -0.4 is 5.32 Å². The van der Waals surface area contributed by atoms with E-state index in [-0.39, 0.29) is 18.3 Å². The Morgan fingerprint density at radius 2 is 1.73 bits per heavy atom. The molecule has 0 aliphatic rings. The zero-order valence-corrected chi connectivity index (χ0v) is 16.6. The zero-order chi connectivity index (χ0) is 17.6. The average molecular weight is 426 g/mol. The summed E-state index contributed by atoms with van der Waals surface area (Å²) in [4.78, 5) is 17.9. The quantitative estimate of drug-likeness (QED) is 0.489. The number of rotatable bonds is 5. The maximum atomic E-state index is 12.8. The van der Waals surface area contributed by atoms with Gasteiger partial charge in [0.05, 0.1) is 5.02 Å². The van der Waals surface area contributed by atoms with Crippen LogP contribution in [0.5, 0.6) is 0 Å². The van der Waals surface area contributed by atoms with Gasteiger partial charge in [-0.2, -0.15) is 0 Å². The molecule has 0 bridgehead atoms. The second kappa shape index (κ2) is 9.83. The topological polar surface area (TPSA) is 42.0 Å². The van der Waals surface area contributed by atoms with Crippen LogP contribution in [0.3, 0.4) is 0 Å². The third kappa shape index (κ3) is 5.64. The Morgan fingerprint density at radius 1 is 0.962 bits per heavy atom. The van der Waals surface area contributed by atoms with Crippen LogP contribution >= 0.6 is 47.4 Å². The van der Waals surface area contributed by atoms with Crippen molar-refractivity contribution in [3.63, 3.8) is 0 Å². The molecule has 0 radical (unpaired) electrons. The number of aromatic nitrogens is 1. The fraction of sp³-hybridized carbons (Fsp3) is 0.0526. The fourth-order valence-corrected chi connectivity index (χ4v) is 3.67. The molecule has 1 aromatic heterocycles. The highest BCUT2D eigenvalue weighted by Gasteiger charge is 2.22. The molecule has 3 nitrogen and oxygen atoms in total. The van der Waals surface area contributed by atoms with Gasteiger partial charge in [-0.15, -0.1) is 24.2 Å². The Hall–Kier alpha value is -1.72. The summed E-state index contributed by atoms with van der Waals surface area (Å²) in [6.07, 6.45) is 1.50. The van der Waals surface area contributed by atoms with Crippen LogP contribution in [0.4, 0.5) is 5.82 Å². The maximum absolute atomic E-state index is 12.8. The van der Waals surface area contributed by atoms with Crippen molar-refractivity contribution in [2.75, 3.05) is 5.32 Å². The zero-order valence-electron chi connectivity index (χ0n) is 13.4. The van der Waals surface area contributed by atoms with E-state index in [9.17, 15) is 4.79 Å². The summed E-state index contributed by atoms with van der Waals surface area (Å²) in [7, 11) is 0. The number of nitrogens with one attached hydrogen (secondary N) is 1. The van der Waals surface area contributed by atoms with Crippen LogP contribution in [0.1, 0.15) is 10.8 Å². The van der Waals surface area contributed by atoms with Crippen molar-refractivity contribution in [3.8, 4) is 0 Å². The number of hydrogen-bond acceptors (Lipinski definition) is 3. The maximum Gasteiger partial charge on any atom is 0.243 e. The number of amides is 1. The Kier molecular flexibility index (Phi) is 7.79. The highest BCUT2D eigenvalue weighted by atomic mass is 35.5. The molecule has 1 unspecified atom stereocenters. The first-order valence-electron chi connectivity index (χ1n) is 7.51. The Balaban J connectivity index is 0.00000243. The highest BCUT2D eigenvalue weighted by Crippen LogP contribution is 2.37. The second-order valence-electron chi connectivity index (χ2n) is 5.22. The molecule has 134 valence electrons. The minimum atomic E-state index is -0.433. The number of carbonyl (C=O) groups is 1. The summed E-state index contributed by atoms with van der Waals surface area (Å²) < 4.78 is 0. The number of benzene rings is 2. The van der Waals surface area contributed by atoms with Gasteiger partial charge in [-0.1, -0.05) is 59.6 Å². The Labute approximate surface area is 172 Å². The van der Waals surface area contributed by atoms with E-state index in [4.69, 9.17) is 23.2 Å². The van der Waals surface area contributed by atoms with Crippen molar-refractivity contribution in [1.29, 1.82) is 0 Å². The SMILES string of the molecule is Cl.O=C(Nc1ccc(Cl)cn1)C(Sc1cccc(Cl)c1)c1ccccc1. The number of pyridine rings is 1. The smallest absolute Gasteiger partial charge is 0.243 e. The number of nitrogens with zero attached hydrogens (tertiary/aromatic N) is 1. The summed E-state index contributed by atoms with van der Waals surface area (Å²) in [6, 6.07) is 20.4. The van der Waals surface area contributed by atoms with Gasteiger partial charge in [-0.3, -0.25) is 4.79 Å². The normalized spacial score (nSPS) is 11.3. The van der Waals surface area contributed by atoms with Crippen LogP contribution in [-0.4, -0.2) is 10.9 Å². The molecule has 1 heterocycles. The molecule has 2 aromatic carbocycles. The molecule has 0 spiro atoms. The number of thioether (sulfide) groups is 1. The summed E-state index contributed by atoms with van der Waals surface area (Å²) in [5, 5.41) is 3.56. The predicted molar refractivity (Wildman–Crippen MR) is 112 cm³/mol. The molecule has 26 heavy (non-hydrogen) atoms. The fourth-order valence-electron chi connectivity index (χ4n) is 2.22. The third-order valence-electron chi connectivity index (χ3n) is 3.37. The number of hydrogen-bond donors (Lipinski definition) is 1. The molecule has 3 rings (SSSR count). The standard InChI is InChI=1S/C19H14Cl2N2OS.ClH/c20-14-7-4-8-16(11-14)25-18(13-5-2-1-3-6-13)19(24)23-17-10-9-15(21)12-22-17;/h1-12,18H,(H,22,23,24);1H. The molecular formula is C19H15Cl3N2OS. The van der Waals surface area contributed by atoms with E-state index < -0.39 is 5.25 Å². The summed E-state index contributed by atoms with van der Waals surface area (Å²) >= 11 is 13.3. The molecule has 1 N–H and O–H groups in total. The van der Waals surface area contributed by atoms with Gasteiger partial charge >= 0.3 is 0 Å². The van der Waals surface area contributed by atoms with E-state index >= 15 is 0 Å². The van der Waals surface area contributed by atoms with Crippen LogP contribution in [0.25, 0.3) is 0 Å². The van der Waals surface area contributed by atoms with Crippen LogP contribution in [0.2, 0.25) is 10.0 Å². The summed E-state index contributed by atoms with van der Waals surface area (Å²) in [5.41, 5.74) is 0.902. The molecule has 0 saturated heterocycles. The lowest BCUT2D eigenvalue weighted by Crippen LogP contribution is -2.19. The number of anilines is 1. The first-order valence-corrected chi connectivity index (χ1v) is 9.15. The van der Waals surface area contributed by atoms with Gasteiger partial charge < -0.3 is 5.32 Å². The summed E-state index contributed by atoms with van der Waals surface area (Å²) in [6.45, 7) is 0. The molecule has 1 atom stereocenters. The van der Waals surface area contributed by atoms with E-state index in [0.717, 1.165) is 10.5 Å². The van der Waals surface area contributed by atoms with Gasteiger partial charge in [0.15, 0.2) is 0 Å². The van der Waals surface area contributed by atoms with E-state index in [0.29, 0.717) is 15.9 Å². The average Bonchev–Trinajstić information content (AvgIpc) is 2.62. The third-order valence-corrected chi connectivity index (χ3v) is 5.08. The first-order chi connectivity index (χ1) is 12.1. The van der Waals surface area contributed by atoms with Crippen LogP contribution in [-0.2, 0) is 4.79 Å². The summed E-state index contributed by atoms with van der Waals surface area (Å²) in [5.74, 6) is 0.299. The first kappa shape index (κ1) is 20.6. The molecule has 0 aliphatic heterocycles. The Morgan fingerprint density at radius 3 is 2.38 bits per heavy atom. The highest BCUT2D eigenvalue weighted by molar-refractivity contribution is 8.00. The van der Waals surface area contributed by atoms with Crippen LogP contribution in [0.15, 0.2) is 77.8 Å². The minimum Gasteiger partial charge on any atom is -0.309 e. The second-order valence-corrected chi connectivity index (χ2v) is 7.27. The molecule has 3 aromatic rings. The lowest BCUT2D eigenvalue weighted by molar-refractivity contribution is -0.115. The van der Waals surface area contributed by atoms with Gasteiger partial charge in [0.25, 0.3) is 0 Å². The van der Waals surface area contributed by atoms with Crippen molar-refractivity contribution in [1.82, 2.24) is 4.98 Å². The number of carbonyl (C=O) groups excluding carboxylic acids is 1. The van der Waals surface area contributed by atoms with Gasteiger partial charge in [0.2, 0.25) is 5.91 Å². The van der Waals surface area contributed by atoms with E-state index in [1.54, 1.807) is 18.2 Å². The van der Waals surface area contributed by atoms with E-state index in [2.05, 4.69) is 10.3 Å². The van der Waals surface area contributed by atoms with Crippen molar-refractivity contribution in [2.24, 2.45) is 0 Å². The molecule has 0 aliphatic carbocycles. The predicted octanol–water partition coefficient (Wildman–Crippen LogP) is 6.28. The molecule has 0 saturated carbocycles. The minimum absolute atomic E-state index is 0. The van der Waals surface area contributed by atoms with E-state index in [1.807, 2.05) is 48.5 Å². The largest absolute Gasteiger partial charge is 0.309 e. The van der Waals surface area contributed by atoms with E-state index in [1.165, 1.54) is 18.0 Å². The lowest BCUT2D eigenvalue weighted by atomic mass is 10.1. The molecule has 7 heteroatoms. The van der Waals surface area contributed by atoms with Gasteiger partial charge in [0, 0.05) is 16.1 Å². The number of halogens is 3. The van der Waals surface area contributed by atoms with Crippen molar-refractivity contribution < 1.29 is 4.79 Å². The lowest BCUT2D eigenvalue weighted by Gasteiger charge is -2.17. The van der Waals surface area contributed by atoms with Gasteiger partial charge in [-0.05, 0) is 35.9 Å².